The standard InChI is InChI=1S/C13H15N3O3/c17-11-6-2-5-9-12(13(18)19)15-10(16(9)11)7-14-8-3-1-4-8/h2,5-6,8,14,17H,1,3-4,7H2,(H,18,19). The van der Waals surface area contributed by atoms with Crippen LogP contribution in [0.25, 0.3) is 5.52 Å². The summed E-state index contributed by atoms with van der Waals surface area (Å²) in [5.74, 6) is -0.557. The van der Waals surface area contributed by atoms with Crippen LogP contribution in [0, 0.1) is 0 Å². The van der Waals surface area contributed by atoms with Gasteiger partial charge >= 0.3 is 5.97 Å². The van der Waals surface area contributed by atoms with Gasteiger partial charge in [-0.2, -0.15) is 0 Å². The van der Waals surface area contributed by atoms with Gasteiger partial charge in [0, 0.05) is 6.04 Å². The maximum Gasteiger partial charge on any atom is 0.356 e. The average molecular weight is 261 g/mol. The highest BCUT2D eigenvalue weighted by Crippen LogP contribution is 2.22. The zero-order valence-corrected chi connectivity index (χ0v) is 10.3. The van der Waals surface area contributed by atoms with Crippen molar-refractivity contribution in [3.8, 4) is 5.88 Å². The number of rotatable bonds is 4. The number of hydrogen-bond donors (Lipinski definition) is 3. The Hall–Kier alpha value is -2.08. The molecule has 0 radical (unpaired) electrons. The number of carboxylic acids is 1. The Kier molecular flexibility index (Phi) is 2.87. The minimum atomic E-state index is -1.09. The van der Waals surface area contributed by atoms with Gasteiger partial charge in [-0.05, 0) is 25.0 Å². The molecule has 100 valence electrons. The molecule has 6 heteroatoms. The molecular weight excluding hydrogens is 246 g/mol. The summed E-state index contributed by atoms with van der Waals surface area (Å²) in [4.78, 5) is 15.3. The molecule has 1 saturated carbocycles. The van der Waals surface area contributed by atoms with E-state index < -0.39 is 5.97 Å². The van der Waals surface area contributed by atoms with Crippen LogP contribution in [0.15, 0.2) is 18.2 Å². The molecule has 0 unspecified atom stereocenters. The summed E-state index contributed by atoms with van der Waals surface area (Å²) >= 11 is 0. The zero-order chi connectivity index (χ0) is 13.4. The lowest BCUT2D eigenvalue weighted by Crippen LogP contribution is -2.35. The van der Waals surface area contributed by atoms with E-state index in [-0.39, 0.29) is 11.6 Å². The van der Waals surface area contributed by atoms with E-state index in [2.05, 4.69) is 10.3 Å². The molecular formula is C13H15N3O3. The molecule has 2 heterocycles. The number of carboxylic acid groups (broad SMARTS) is 1. The van der Waals surface area contributed by atoms with Gasteiger partial charge in [-0.3, -0.25) is 4.40 Å². The third-order valence-corrected chi connectivity index (χ3v) is 3.57. The fraction of sp³-hybridized carbons (Fsp3) is 0.385. The van der Waals surface area contributed by atoms with Crippen LogP contribution >= 0.6 is 0 Å². The van der Waals surface area contributed by atoms with Gasteiger partial charge in [0.25, 0.3) is 0 Å². The van der Waals surface area contributed by atoms with Gasteiger partial charge in [0.05, 0.1) is 12.1 Å². The molecule has 0 aliphatic heterocycles. The van der Waals surface area contributed by atoms with Crippen molar-refractivity contribution in [2.24, 2.45) is 0 Å². The number of hydrogen-bond acceptors (Lipinski definition) is 4. The predicted octanol–water partition coefficient (Wildman–Crippen LogP) is 1.38. The van der Waals surface area contributed by atoms with E-state index >= 15 is 0 Å². The van der Waals surface area contributed by atoms with Crippen molar-refractivity contribution >= 4 is 11.5 Å². The van der Waals surface area contributed by atoms with Crippen LogP contribution in [-0.2, 0) is 6.54 Å². The van der Waals surface area contributed by atoms with E-state index in [1.54, 1.807) is 12.1 Å². The first-order valence-corrected chi connectivity index (χ1v) is 6.33. The van der Waals surface area contributed by atoms with Crippen molar-refractivity contribution in [3.63, 3.8) is 0 Å². The molecule has 0 atom stereocenters. The first kappa shape index (κ1) is 12.0. The van der Waals surface area contributed by atoms with Crippen LogP contribution in [0.3, 0.4) is 0 Å². The second-order valence-electron chi connectivity index (χ2n) is 4.80. The minimum absolute atomic E-state index is 0.00269. The summed E-state index contributed by atoms with van der Waals surface area (Å²) in [7, 11) is 0. The molecule has 19 heavy (non-hydrogen) atoms. The number of imidazole rings is 1. The number of carbonyl (C=O) groups is 1. The molecule has 0 bridgehead atoms. The molecule has 1 fully saturated rings. The van der Waals surface area contributed by atoms with Crippen molar-refractivity contribution in [3.05, 3.63) is 29.7 Å². The van der Waals surface area contributed by atoms with E-state index in [9.17, 15) is 9.90 Å². The lowest BCUT2D eigenvalue weighted by atomic mass is 9.93. The number of aromatic hydroxyl groups is 1. The Labute approximate surface area is 109 Å². The molecule has 0 amide bonds. The SMILES string of the molecule is O=C(O)c1nc(CNC2CCC2)n2c(O)cccc12. The largest absolute Gasteiger partial charge is 0.494 e. The molecule has 2 aromatic heterocycles. The second-order valence-corrected chi connectivity index (χ2v) is 4.80. The van der Waals surface area contributed by atoms with E-state index in [1.165, 1.54) is 16.9 Å². The minimum Gasteiger partial charge on any atom is -0.494 e. The Bertz CT molecular complexity index is 631. The van der Waals surface area contributed by atoms with Gasteiger partial charge in [-0.1, -0.05) is 12.5 Å². The topological polar surface area (TPSA) is 86.9 Å². The van der Waals surface area contributed by atoms with Gasteiger partial charge in [0.2, 0.25) is 0 Å². The molecule has 2 aromatic rings. The molecule has 1 aliphatic carbocycles. The van der Waals surface area contributed by atoms with E-state index in [4.69, 9.17) is 5.11 Å². The molecule has 0 saturated heterocycles. The maximum absolute atomic E-state index is 11.2. The Morgan fingerprint density at radius 2 is 2.26 bits per heavy atom. The van der Waals surface area contributed by atoms with Crippen LogP contribution in [0.5, 0.6) is 5.88 Å². The third-order valence-electron chi connectivity index (χ3n) is 3.57. The number of fused-ring (bicyclic) bond motifs is 1. The molecule has 1 aliphatic rings. The fourth-order valence-corrected chi connectivity index (χ4v) is 2.31. The van der Waals surface area contributed by atoms with Crippen LogP contribution < -0.4 is 5.32 Å². The van der Waals surface area contributed by atoms with Crippen molar-refractivity contribution in [2.45, 2.75) is 31.8 Å². The third kappa shape index (κ3) is 2.04. The fourth-order valence-electron chi connectivity index (χ4n) is 2.31. The smallest absolute Gasteiger partial charge is 0.356 e. The number of nitrogens with zero attached hydrogens (tertiary/aromatic N) is 2. The highest BCUT2D eigenvalue weighted by molar-refractivity contribution is 5.93. The summed E-state index contributed by atoms with van der Waals surface area (Å²) in [5, 5.41) is 22.3. The Morgan fingerprint density at radius 1 is 1.47 bits per heavy atom. The van der Waals surface area contributed by atoms with Gasteiger partial charge in [-0.15, -0.1) is 0 Å². The number of aromatic nitrogens is 2. The predicted molar refractivity (Wildman–Crippen MR) is 68.3 cm³/mol. The summed E-state index contributed by atoms with van der Waals surface area (Å²) in [6.07, 6.45) is 3.51. The molecule has 0 spiro atoms. The van der Waals surface area contributed by atoms with Gasteiger partial charge < -0.3 is 15.5 Å². The highest BCUT2D eigenvalue weighted by Gasteiger charge is 2.21. The quantitative estimate of drug-likeness (QED) is 0.774. The molecule has 3 N–H and O–H groups in total. The van der Waals surface area contributed by atoms with Gasteiger partial charge in [0.15, 0.2) is 11.6 Å². The van der Waals surface area contributed by atoms with Crippen molar-refractivity contribution < 1.29 is 15.0 Å². The monoisotopic (exact) mass is 261 g/mol. The van der Waals surface area contributed by atoms with Gasteiger partial charge in [-0.25, -0.2) is 9.78 Å². The first-order chi connectivity index (χ1) is 9.16. The van der Waals surface area contributed by atoms with E-state index in [1.807, 2.05) is 0 Å². The lowest BCUT2D eigenvalue weighted by molar-refractivity contribution is 0.0693. The van der Waals surface area contributed by atoms with Gasteiger partial charge in [0.1, 0.15) is 5.82 Å². The second kappa shape index (κ2) is 4.55. The lowest BCUT2D eigenvalue weighted by Gasteiger charge is -2.26. The van der Waals surface area contributed by atoms with Crippen molar-refractivity contribution in [2.75, 3.05) is 0 Å². The van der Waals surface area contributed by atoms with Crippen molar-refractivity contribution in [1.82, 2.24) is 14.7 Å². The van der Waals surface area contributed by atoms with Crippen LogP contribution in [0.1, 0.15) is 35.6 Å². The summed E-state index contributed by atoms with van der Waals surface area (Å²) in [5.41, 5.74) is 0.388. The van der Waals surface area contributed by atoms with E-state index in [0.29, 0.717) is 23.9 Å². The number of pyridine rings is 1. The Morgan fingerprint density at radius 3 is 2.89 bits per heavy atom. The molecule has 6 nitrogen and oxygen atoms in total. The molecule has 0 aromatic carbocycles. The zero-order valence-electron chi connectivity index (χ0n) is 10.3. The normalized spacial score (nSPS) is 15.6. The molecule has 3 rings (SSSR count). The van der Waals surface area contributed by atoms with Crippen LogP contribution in [0.2, 0.25) is 0 Å². The Balaban J connectivity index is 1.99. The summed E-state index contributed by atoms with van der Waals surface area (Å²) in [6, 6.07) is 5.25. The van der Waals surface area contributed by atoms with Crippen LogP contribution in [0.4, 0.5) is 0 Å². The highest BCUT2D eigenvalue weighted by atomic mass is 16.4. The summed E-state index contributed by atoms with van der Waals surface area (Å²) < 4.78 is 1.48. The number of aromatic carboxylic acids is 1. The maximum atomic E-state index is 11.2. The van der Waals surface area contributed by atoms with Crippen molar-refractivity contribution in [1.29, 1.82) is 0 Å². The number of nitrogens with one attached hydrogen (secondary N) is 1. The van der Waals surface area contributed by atoms with Crippen LogP contribution in [-0.4, -0.2) is 31.6 Å². The first-order valence-electron chi connectivity index (χ1n) is 6.33. The average Bonchev–Trinajstić information content (AvgIpc) is 2.68. The van der Waals surface area contributed by atoms with E-state index in [0.717, 1.165) is 12.8 Å². The summed E-state index contributed by atoms with van der Waals surface area (Å²) in [6.45, 7) is 0.455.